The second-order valence-corrected chi connectivity index (χ2v) is 3.65. The molecule has 2 rings (SSSR count). The van der Waals surface area contributed by atoms with Crippen LogP contribution in [-0.4, -0.2) is 9.55 Å². The van der Waals surface area contributed by atoms with E-state index in [4.69, 9.17) is 5.73 Å². The van der Waals surface area contributed by atoms with Crippen LogP contribution in [0.4, 0.5) is 5.69 Å². The zero-order chi connectivity index (χ0) is 10.3. The molecule has 2 N–H and O–H groups in total. The van der Waals surface area contributed by atoms with E-state index in [9.17, 15) is 0 Å². The molecule has 0 unspecified atom stereocenters. The molecule has 0 radical (unpaired) electrons. The SMILES string of the molecule is CCc1nc2c(C)cc(N)cc2n1C. The van der Waals surface area contributed by atoms with E-state index in [-0.39, 0.29) is 0 Å². The van der Waals surface area contributed by atoms with Gasteiger partial charge in [-0.3, -0.25) is 0 Å². The normalized spacial score (nSPS) is 11.1. The van der Waals surface area contributed by atoms with Crippen LogP contribution in [0.25, 0.3) is 11.0 Å². The molecule has 74 valence electrons. The van der Waals surface area contributed by atoms with E-state index in [2.05, 4.69) is 16.5 Å². The lowest BCUT2D eigenvalue weighted by Gasteiger charge is -2.00. The molecular formula is C11H15N3. The summed E-state index contributed by atoms with van der Waals surface area (Å²) in [5.74, 6) is 1.11. The Bertz CT molecular complexity index is 483. The molecule has 0 aliphatic heterocycles. The molecular weight excluding hydrogens is 174 g/mol. The first kappa shape index (κ1) is 9.06. The van der Waals surface area contributed by atoms with Gasteiger partial charge in [0.25, 0.3) is 0 Å². The summed E-state index contributed by atoms with van der Waals surface area (Å²) in [6, 6.07) is 3.95. The molecule has 0 fully saturated rings. The zero-order valence-corrected chi connectivity index (χ0v) is 8.83. The summed E-state index contributed by atoms with van der Waals surface area (Å²) < 4.78 is 2.11. The zero-order valence-electron chi connectivity index (χ0n) is 8.83. The number of anilines is 1. The van der Waals surface area contributed by atoms with Gasteiger partial charge in [-0.25, -0.2) is 4.98 Å². The van der Waals surface area contributed by atoms with E-state index in [1.807, 2.05) is 26.1 Å². The predicted octanol–water partition coefficient (Wildman–Crippen LogP) is 2.03. The van der Waals surface area contributed by atoms with E-state index in [0.717, 1.165) is 34.5 Å². The first-order chi connectivity index (χ1) is 6.63. The fourth-order valence-electron chi connectivity index (χ4n) is 1.85. The standard InChI is InChI=1S/C11H15N3/c1-4-10-13-11-7(2)5-8(12)6-9(11)14(10)3/h5-6H,4,12H2,1-3H3. The minimum absolute atomic E-state index is 0.806. The number of nitrogens with two attached hydrogens (primary N) is 1. The van der Waals surface area contributed by atoms with Gasteiger partial charge in [-0.05, 0) is 24.6 Å². The molecule has 14 heavy (non-hydrogen) atoms. The number of rotatable bonds is 1. The van der Waals surface area contributed by atoms with Gasteiger partial charge in [0.15, 0.2) is 0 Å². The van der Waals surface area contributed by atoms with Crippen molar-refractivity contribution >= 4 is 16.7 Å². The summed E-state index contributed by atoms with van der Waals surface area (Å²) in [4.78, 5) is 4.58. The van der Waals surface area contributed by atoms with Crippen LogP contribution >= 0.6 is 0 Å². The Balaban J connectivity index is 2.85. The first-order valence-electron chi connectivity index (χ1n) is 4.85. The van der Waals surface area contributed by atoms with E-state index in [1.165, 1.54) is 0 Å². The number of hydrogen-bond acceptors (Lipinski definition) is 2. The molecule has 0 atom stereocenters. The minimum Gasteiger partial charge on any atom is -0.399 e. The number of fused-ring (bicyclic) bond motifs is 1. The molecule has 0 spiro atoms. The third-order valence-electron chi connectivity index (χ3n) is 2.61. The second kappa shape index (κ2) is 3.01. The summed E-state index contributed by atoms with van der Waals surface area (Å²) in [6.45, 7) is 4.16. The molecule has 0 amide bonds. The van der Waals surface area contributed by atoms with Gasteiger partial charge in [0, 0.05) is 19.2 Å². The number of hydrogen-bond donors (Lipinski definition) is 1. The highest BCUT2D eigenvalue weighted by molar-refractivity contribution is 5.83. The maximum Gasteiger partial charge on any atom is 0.109 e. The van der Waals surface area contributed by atoms with Crippen LogP contribution in [0.1, 0.15) is 18.3 Å². The van der Waals surface area contributed by atoms with Gasteiger partial charge < -0.3 is 10.3 Å². The number of imidazole rings is 1. The molecule has 3 nitrogen and oxygen atoms in total. The van der Waals surface area contributed by atoms with Gasteiger partial charge in [-0.2, -0.15) is 0 Å². The smallest absolute Gasteiger partial charge is 0.109 e. The second-order valence-electron chi connectivity index (χ2n) is 3.65. The maximum absolute atomic E-state index is 5.80. The maximum atomic E-state index is 5.80. The van der Waals surface area contributed by atoms with Crippen LogP contribution in [0.5, 0.6) is 0 Å². The monoisotopic (exact) mass is 189 g/mol. The molecule has 0 saturated heterocycles. The van der Waals surface area contributed by atoms with E-state index in [0.29, 0.717) is 0 Å². The molecule has 0 aliphatic carbocycles. The van der Waals surface area contributed by atoms with Gasteiger partial charge in [0.05, 0.1) is 11.0 Å². The van der Waals surface area contributed by atoms with Crippen LogP contribution in [0, 0.1) is 6.92 Å². The van der Waals surface area contributed by atoms with Crippen molar-refractivity contribution in [2.75, 3.05) is 5.73 Å². The highest BCUT2D eigenvalue weighted by Gasteiger charge is 2.08. The van der Waals surface area contributed by atoms with Gasteiger partial charge in [0.1, 0.15) is 5.82 Å². The van der Waals surface area contributed by atoms with E-state index >= 15 is 0 Å². The number of nitrogen functional groups attached to an aromatic ring is 1. The average molecular weight is 189 g/mol. The number of aryl methyl sites for hydroxylation is 3. The molecule has 0 saturated carbocycles. The van der Waals surface area contributed by atoms with Gasteiger partial charge in [-0.1, -0.05) is 6.92 Å². The lowest BCUT2D eigenvalue weighted by Crippen LogP contribution is -1.95. The van der Waals surface area contributed by atoms with Crippen LogP contribution in [0.3, 0.4) is 0 Å². The Morgan fingerprint density at radius 2 is 2.14 bits per heavy atom. The summed E-state index contributed by atoms with van der Waals surface area (Å²) in [5.41, 5.74) is 9.95. The Morgan fingerprint density at radius 1 is 1.43 bits per heavy atom. The highest BCUT2D eigenvalue weighted by atomic mass is 15.1. The Labute approximate surface area is 83.6 Å². The van der Waals surface area contributed by atoms with E-state index in [1.54, 1.807) is 0 Å². The molecule has 0 bridgehead atoms. The van der Waals surface area contributed by atoms with Crippen molar-refractivity contribution in [3.8, 4) is 0 Å². The van der Waals surface area contributed by atoms with Gasteiger partial charge in [0.2, 0.25) is 0 Å². The predicted molar refractivity (Wildman–Crippen MR) is 59.2 cm³/mol. The molecule has 2 aromatic rings. The number of aromatic nitrogens is 2. The first-order valence-corrected chi connectivity index (χ1v) is 4.85. The summed E-state index contributed by atoms with van der Waals surface area (Å²) >= 11 is 0. The molecule has 0 aliphatic rings. The molecule has 1 aromatic carbocycles. The van der Waals surface area contributed by atoms with Crippen LogP contribution < -0.4 is 5.73 Å². The van der Waals surface area contributed by atoms with Crippen molar-refractivity contribution in [2.24, 2.45) is 7.05 Å². The quantitative estimate of drug-likeness (QED) is 0.697. The average Bonchev–Trinajstić information content (AvgIpc) is 2.44. The topological polar surface area (TPSA) is 43.8 Å². The van der Waals surface area contributed by atoms with Crippen LogP contribution in [0.2, 0.25) is 0 Å². The largest absolute Gasteiger partial charge is 0.399 e. The molecule has 1 aromatic heterocycles. The summed E-state index contributed by atoms with van der Waals surface area (Å²) in [5, 5.41) is 0. The van der Waals surface area contributed by atoms with Gasteiger partial charge in [-0.15, -0.1) is 0 Å². The third-order valence-corrected chi connectivity index (χ3v) is 2.61. The molecule has 1 heterocycles. The van der Waals surface area contributed by atoms with Crippen molar-refractivity contribution in [1.82, 2.24) is 9.55 Å². The van der Waals surface area contributed by atoms with Crippen molar-refractivity contribution in [1.29, 1.82) is 0 Å². The van der Waals surface area contributed by atoms with Gasteiger partial charge >= 0.3 is 0 Å². The summed E-state index contributed by atoms with van der Waals surface area (Å²) in [7, 11) is 2.03. The number of benzene rings is 1. The minimum atomic E-state index is 0.806. The van der Waals surface area contributed by atoms with Crippen molar-refractivity contribution in [3.63, 3.8) is 0 Å². The lowest BCUT2D eigenvalue weighted by molar-refractivity contribution is 0.829. The third kappa shape index (κ3) is 1.16. The van der Waals surface area contributed by atoms with Crippen LogP contribution in [-0.2, 0) is 13.5 Å². The van der Waals surface area contributed by atoms with E-state index < -0.39 is 0 Å². The number of nitrogens with zero attached hydrogens (tertiary/aromatic N) is 2. The van der Waals surface area contributed by atoms with Crippen molar-refractivity contribution in [3.05, 3.63) is 23.5 Å². The van der Waals surface area contributed by atoms with Crippen molar-refractivity contribution in [2.45, 2.75) is 20.3 Å². The van der Waals surface area contributed by atoms with Crippen LogP contribution in [0.15, 0.2) is 12.1 Å². The van der Waals surface area contributed by atoms with Crippen molar-refractivity contribution < 1.29 is 0 Å². The lowest BCUT2D eigenvalue weighted by atomic mass is 10.2. The Morgan fingerprint density at radius 3 is 2.79 bits per heavy atom. The highest BCUT2D eigenvalue weighted by Crippen LogP contribution is 2.22. The Kier molecular flexibility index (Phi) is 1.95. The summed E-state index contributed by atoms with van der Waals surface area (Å²) in [6.07, 6.45) is 0.949. The molecule has 3 heteroatoms. The Hall–Kier alpha value is -1.51. The fourth-order valence-corrected chi connectivity index (χ4v) is 1.85. The fraction of sp³-hybridized carbons (Fsp3) is 0.364.